The highest BCUT2D eigenvalue weighted by Crippen LogP contribution is 2.20. The van der Waals surface area contributed by atoms with Gasteiger partial charge in [0.1, 0.15) is 11.9 Å². The van der Waals surface area contributed by atoms with Crippen LogP contribution >= 0.6 is 28.1 Å². The summed E-state index contributed by atoms with van der Waals surface area (Å²) in [6.45, 7) is 1.85. The third kappa shape index (κ3) is 7.15. The highest BCUT2D eigenvalue weighted by Gasteiger charge is 2.22. The molecule has 1 aliphatic heterocycles. The van der Waals surface area contributed by atoms with E-state index in [4.69, 9.17) is 17.6 Å². The summed E-state index contributed by atoms with van der Waals surface area (Å²) in [6.07, 6.45) is 4.72. The van der Waals surface area contributed by atoms with Crippen LogP contribution in [0.25, 0.3) is 0 Å². The first-order valence-corrected chi connectivity index (χ1v) is 13.3. The Morgan fingerprint density at radius 1 is 0.833 bits per heavy atom. The van der Waals surface area contributed by atoms with Crippen LogP contribution in [0.4, 0.5) is 11.4 Å². The van der Waals surface area contributed by atoms with E-state index in [1.165, 1.54) is 12.8 Å². The number of nitrogens with zero attached hydrogens (tertiary/aromatic N) is 1. The summed E-state index contributed by atoms with van der Waals surface area (Å²) in [6, 6.07) is 23.9. The zero-order chi connectivity index (χ0) is 25.3. The molecule has 1 atom stereocenters. The fourth-order valence-corrected chi connectivity index (χ4v) is 4.68. The lowest BCUT2D eigenvalue weighted by molar-refractivity contribution is -0.117. The standard InChI is InChI=1S/C28H30BrN5OS/c29-22-12-16-24(17-13-22)32-28(36)33-25(20-8-4-3-5-9-20)27(35)31-23-14-10-21(11-15-23)26(30)34-18-6-1-2-7-19-34/h3-5,8-17,25,30H,1-2,6-7,18-19H2,(H,31,35)(H2,32,33,36)/t25-/m0/s1. The lowest BCUT2D eigenvalue weighted by Crippen LogP contribution is -2.39. The zero-order valence-electron chi connectivity index (χ0n) is 20.0. The van der Waals surface area contributed by atoms with Crippen molar-refractivity contribution in [1.29, 1.82) is 5.41 Å². The van der Waals surface area contributed by atoms with E-state index >= 15 is 0 Å². The minimum Gasteiger partial charge on any atom is -0.357 e. The van der Waals surface area contributed by atoms with Crippen molar-refractivity contribution in [2.24, 2.45) is 0 Å². The van der Waals surface area contributed by atoms with Gasteiger partial charge in [-0.05, 0) is 79.2 Å². The van der Waals surface area contributed by atoms with Crippen molar-refractivity contribution in [2.75, 3.05) is 23.7 Å². The smallest absolute Gasteiger partial charge is 0.251 e. The molecule has 0 unspecified atom stereocenters. The predicted molar refractivity (Wildman–Crippen MR) is 155 cm³/mol. The fourth-order valence-electron chi connectivity index (χ4n) is 4.18. The minimum atomic E-state index is -0.684. The molecule has 4 rings (SSSR count). The average Bonchev–Trinajstić information content (AvgIpc) is 3.19. The summed E-state index contributed by atoms with van der Waals surface area (Å²) in [5.41, 5.74) is 3.15. The zero-order valence-corrected chi connectivity index (χ0v) is 22.4. The molecule has 0 radical (unpaired) electrons. The number of likely N-dealkylation sites (tertiary alicyclic amines) is 1. The second-order valence-electron chi connectivity index (χ2n) is 8.77. The first-order valence-electron chi connectivity index (χ1n) is 12.1. The van der Waals surface area contributed by atoms with Crippen LogP contribution in [0.2, 0.25) is 0 Å². The molecule has 0 spiro atoms. The third-order valence-electron chi connectivity index (χ3n) is 6.12. The molecule has 4 N–H and O–H groups in total. The van der Waals surface area contributed by atoms with Crippen molar-refractivity contribution in [3.05, 3.63) is 94.5 Å². The van der Waals surface area contributed by atoms with Gasteiger partial charge in [0.05, 0.1) is 0 Å². The number of hydrogen-bond acceptors (Lipinski definition) is 3. The molecule has 0 aliphatic carbocycles. The Morgan fingerprint density at radius 2 is 1.42 bits per heavy atom. The van der Waals surface area contributed by atoms with Crippen molar-refractivity contribution in [2.45, 2.75) is 31.7 Å². The predicted octanol–water partition coefficient (Wildman–Crippen LogP) is 6.32. The number of hydrogen-bond donors (Lipinski definition) is 4. The third-order valence-corrected chi connectivity index (χ3v) is 6.87. The van der Waals surface area contributed by atoms with Gasteiger partial charge in [-0.15, -0.1) is 0 Å². The van der Waals surface area contributed by atoms with Crippen molar-refractivity contribution in [3.63, 3.8) is 0 Å². The van der Waals surface area contributed by atoms with Crippen LogP contribution in [0.5, 0.6) is 0 Å². The number of carbonyl (C=O) groups excluding carboxylic acids is 1. The first kappa shape index (κ1) is 25.9. The van der Waals surface area contributed by atoms with Gasteiger partial charge in [0, 0.05) is 34.5 Å². The van der Waals surface area contributed by atoms with Gasteiger partial charge in [-0.25, -0.2) is 0 Å². The maximum absolute atomic E-state index is 13.3. The van der Waals surface area contributed by atoms with E-state index in [9.17, 15) is 4.79 Å². The number of amides is 1. The van der Waals surface area contributed by atoms with Gasteiger partial charge in [-0.3, -0.25) is 10.2 Å². The fraction of sp³-hybridized carbons (Fsp3) is 0.250. The number of rotatable bonds is 6. The summed E-state index contributed by atoms with van der Waals surface area (Å²) in [7, 11) is 0. The van der Waals surface area contributed by atoms with E-state index in [0.29, 0.717) is 16.6 Å². The number of halogens is 1. The van der Waals surface area contributed by atoms with Gasteiger partial charge in [0.15, 0.2) is 5.11 Å². The lowest BCUT2D eigenvalue weighted by Gasteiger charge is -2.23. The molecule has 3 aromatic carbocycles. The Bertz CT molecular complexity index is 1180. The van der Waals surface area contributed by atoms with E-state index in [0.717, 1.165) is 47.2 Å². The van der Waals surface area contributed by atoms with Crippen molar-refractivity contribution in [1.82, 2.24) is 10.2 Å². The summed E-state index contributed by atoms with van der Waals surface area (Å²) >= 11 is 8.93. The molecule has 8 heteroatoms. The Hall–Kier alpha value is -3.23. The van der Waals surface area contributed by atoms with Gasteiger partial charge in [0.2, 0.25) is 0 Å². The van der Waals surface area contributed by atoms with Crippen LogP contribution < -0.4 is 16.0 Å². The van der Waals surface area contributed by atoms with Gasteiger partial charge in [-0.2, -0.15) is 0 Å². The second kappa shape index (κ2) is 12.6. The summed E-state index contributed by atoms with van der Waals surface area (Å²) in [4.78, 5) is 15.5. The molecule has 0 bridgehead atoms. The molecule has 1 heterocycles. The molecule has 1 saturated heterocycles. The summed E-state index contributed by atoms with van der Waals surface area (Å²) < 4.78 is 0.973. The Kier molecular flexibility index (Phi) is 9.08. The highest BCUT2D eigenvalue weighted by atomic mass is 79.9. The Balaban J connectivity index is 1.43. The largest absolute Gasteiger partial charge is 0.357 e. The minimum absolute atomic E-state index is 0.225. The second-order valence-corrected chi connectivity index (χ2v) is 10.1. The average molecular weight is 565 g/mol. The van der Waals surface area contributed by atoms with Crippen molar-refractivity contribution in [3.8, 4) is 0 Å². The Labute approximate surface area is 226 Å². The van der Waals surface area contributed by atoms with Crippen LogP contribution in [-0.2, 0) is 4.79 Å². The molecule has 0 saturated carbocycles. The van der Waals surface area contributed by atoms with E-state index in [2.05, 4.69) is 36.8 Å². The molecular weight excluding hydrogens is 534 g/mol. The molecule has 186 valence electrons. The number of amidine groups is 1. The van der Waals surface area contributed by atoms with Gasteiger partial charge in [-0.1, -0.05) is 59.1 Å². The molecule has 3 aromatic rings. The number of nitrogens with one attached hydrogen (secondary N) is 4. The number of carbonyl (C=O) groups is 1. The van der Waals surface area contributed by atoms with Crippen LogP contribution in [0, 0.1) is 5.41 Å². The molecule has 1 aliphatic rings. The number of thiocarbonyl (C=S) groups is 1. The summed E-state index contributed by atoms with van der Waals surface area (Å²) in [5.74, 6) is 0.319. The maximum Gasteiger partial charge on any atom is 0.251 e. The number of benzene rings is 3. The quantitative estimate of drug-likeness (QED) is 0.160. The monoisotopic (exact) mass is 563 g/mol. The van der Waals surface area contributed by atoms with Crippen LogP contribution in [0.1, 0.15) is 42.9 Å². The molecule has 6 nitrogen and oxygen atoms in total. The molecule has 36 heavy (non-hydrogen) atoms. The molecule has 1 fully saturated rings. The SMILES string of the molecule is N=C(c1ccc(NC(=O)[C@@H](NC(=S)Nc2ccc(Br)cc2)c2ccccc2)cc1)N1CCCCCC1. The lowest BCUT2D eigenvalue weighted by atomic mass is 10.1. The van der Waals surface area contributed by atoms with Crippen molar-refractivity contribution < 1.29 is 4.79 Å². The van der Waals surface area contributed by atoms with Gasteiger partial charge < -0.3 is 20.9 Å². The number of anilines is 2. The van der Waals surface area contributed by atoms with Gasteiger partial charge in [0.25, 0.3) is 5.91 Å². The summed E-state index contributed by atoms with van der Waals surface area (Å²) in [5, 5.41) is 18.2. The first-order chi connectivity index (χ1) is 17.5. The van der Waals surface area contributed by atoms with Gasteiger partial charge >= 0.3 is 0 Å². The van der Waals surface area contributed by atoms with E-state index in [1.807, 2.05) is 78.9 Å². The van der Waals surface area contributed by atoms with Crippen LogP contribution in [-0.4, -0.2) is 34.8 Å². The van der Waals surface area contributed by atoms with E-state index in [-0.39, 0.29) is 5.91 Å². The molecule has 1 amide bonds. The normalized spacial score (nSPS) is 14.3. The topological polar surface area (TPSA) is 80.2 Å². The van der Waals surface area contributed by atoms with E-state index < -0.39 is 6.04 Å². The van der Waals surface area contributed by atoms with Crippen LogP contribution in [0.3, 0.4) is 0 Å². The molecular formula is C28H30BrN5OS. The van der Waals surface area contributed by atoms with E-state index in [1.54, 1.807) is 0 Å². The highest BCUT2D eigenvalue weighted by molar-refractivity contribution is 9.10. The molecule has 0 aromatic heterocycles. The Morgan fingerprint density at radius 3 is 2.06 bits per heavy atom. The van der Waals surface area contributed by atoms with Crippen LogP contribution in [0.15, 0.2) is 83.3 Å². The maximum atomic E-state index is 13.3. The van der Waals surface area contributed by atoms with Crippen molar-refractivity contribution >= 4 is 56.4 Å².